The summed E-state index contributed by atoms with van der Waals surface area (Å²) in [4.78, 5) is 7.25. The third-order valence-electron chi connectivity index (χ3n) is 4.88. The van der Waals surface area contributed by atoms with Crippen molar-refractivity contribution in [2.75, 3.05) is 26.7 Å². The van der Waals surface area contributed by atoms with Gasteiger partial charge in [-0.25, -0.2) is 0 Å². The molecule has 20 heavy (non-hydrogen) atoms. The van der Waals surface area contributed by atoms with Gasteiger partial charge in [-0.1, -0.05) is 19.8 Å². The second-order valence-electron chi connectivity index (χ2n) is 6.44. The molecule has 0 amide bonds. The molecule has 0 spiro atoms. The minimum Gasteiger partial charge on any atom is -0.357 e. The fourth-order valence-corrected chi connectivity index (χ4v) is 3.23. The van der Waals surface area contributed by atoms with Gasteiger partial charge in [-0.15, -0.1) is 24.0 Å². The molecular formula is C16H32IN3. The molecule has 0 heterocycles. The summed E-state index contributed by atoms with van der Waals surface area (Å²) in [6, 6.07) is 0. The zero-order valence-corrected chi connectivity index (χ0v) is 15.8. The monoisotopic (exact) mass is 393 g/mol. The highest BCUT2D eigenvalue weighted by Crippen LogP contribution is 2.57. The molecule has 2 saturated carbocycles. The van der Waals surface area contributed by atoms with Crippen LogP contribution in [0.25, 0.3) is 0 Å². The molecule has 0 aromatic carbocycles. The molecule has 0 aliphatic heterocycles. The van der Waals surface area contributed by atoms with E-state index in [4.69, 9.17) is 4.99 Å². The van der Waals surface area contributed by atoms with Gasteiger partial charge in [0.1, 0.15) is 0 Å². The molecule has 0 bridgehead atoms. The number of guanidine groups is 1. The van der Waals surface area contributed by atoms with Crippen molar-refractivity contribution in [2.45, 2.75) is 58.8 Å². The van der Waals surface area contributed by atoms with Crippen molar-refractivity contribution in [3.05, 3.63) is 0 Å². The molecule has 118 valence electrons. The number of unbranched alkanes of at least 4 members (excludes halogenated alkanes) is 1. The number of halogens is 1. The van der Waals surface area contributed by atoms with Gasteiger partial charge in [-0.05, 0) is 50.4 Å². The topological polar surface area (TPSA) is 27.6 Å². The van der Waals surface area contributed by atoms with Gasteiger partial charge in [-0.2, -0.15) is 0 Å². The Morgan fingerprint density at radius 3 is 2.45 bits per heavy atom. The van der Waals surface area contributed by atoms with Crippen LogP contribution < -0.4 is 5.32 Å². The molecule has 2 fully saturated rings. The maximum atomic E-state index is 4.95. The van der Waals surface area contributed by atoms with Gasteiger partial charge in [0.25, 0.3) is 0 Å². The molecule has 0 atom stereocenters. The molecule has 0 unspecified atom stereocenters. The van der Waals surface area contributed by atoms with Crippen LogP contribution in [-0.2, 0) is 0 Å². The standard InChI is InChI=1S/C16H31N3.HI/c1-4-6-12-19(3)15(17-5-2)18-13-16(10-7-11-16)14-8-9-14;/h14H,4-13H2,1-3H3,(H,17,18);1H. The van der Waals surface area contributed by atoms with E-state index in [0.717, 1.165) is 31.5 Å². The Labute approximate surface area is 142 Å². The maximum absolute atomic E-state index is 4.95. The molecule has 2 rings (SSSR count). The van der Waals surface area contributed by atoms with Crippen LogP contribution in [0.3, 0.4) is 0 Å². The first-order valence-corrected chi connectivity index (χ1v) is 8.21. The number of rotatable bonds is 7. The van der Waals surface area contributed by atoms with Crippen LogP contribution in [0, 0.1) is 11.3 Å². The Morgan fingerprint density at radius 1 is 1.30 bits per heavy atom. The number of hydrogen-bond donors (Lipinski definition) is 1. The Kier molecular flexibility index (Phi) is 7.62. The van der Waals surface area contributed by atoms with Gasteiger partial charge in [0.2, 0.25) is 0 Å². The second kappa shape index (κ2) is 8.44. The van der Waals surface area contributed by atoms with Gasteiger partial charge in [0.05, 0.1) is 0 Å². The zero-order chi connectivity index (χ0) is 13.7. The average Bonchev–Trinajstić information content (AvgIpc) is 3.18. The Balaban J connectivity index is 0.00000200. The van der Waals surface area contributed by atoms with E-state index in [9.17, 15) is 0 Å². The van der Waals surface area contributed by atoms with E-state index in [-0.39, 0.29) is 24.0 Å². The third kappa shape index (κ3) is 4.50. The van der Waals surface area contributed by atoms with E-state index < -0.39 is 0 Å². The highest BCUT2D eigenvalue weighted by molar-refractivity contribution is 14.0. The van der Waals surface area contributed by atoms with Gasteiger partial charge in [-0.3, -0.25) is 4.99 Å². The predicted molar refractivity (Wildman–Crippen MR) is 97.9 cm³/mol. The lowest BCUT2D eigenvalue weighted by molar-refractivity contribution is 0.113. The summed E-state index contributed by atoms with van der Waals surface area (Å²) < 4.78 is 0. The van der Waals surface area contributed by atoms with E-state index in [0.29, 0.717) is 5.41 Å². The smallest absolute Gasteiger partial charge is 0.193 e. The summed E-state index contributed by atoms with van der Waals surface area (Å²) in [6.07, 6.45) is 9.66. The molecule has 2 aliphatic carbocycles. The second-order valence-corrected chi connectivity index (χ2v) is 6.44. The highest BCUT2D eigenvalue weighted by Gasteiger charge is 2.48. The third-order valence-corrected chi connectivity index (χ3v) is 4.88. The van der Waals surface area contributed by atoms with E-state index in [2.05, 4.69) is 31.1 Å². The van der Waals surface area contributed by atoms with Crippen LogP contribution in [0.4, 0.5) is 0 Å². The summed E-state index contributed by atoms with van der Waals surface area (Å²) in [6.45, 7) is 7.53. The lowest BCUT2D eigenvalue weighted by Gasteiger charge is -2.41. The molecule has 0 aromatic heterocycles. The van der Waals surface area contributed by atoms with Gasteiger partial charge in [0.15, 0.2) is 5.96 Å². The number of nitrogens with one attached hydrogen (secondary N) is 1. The molecule has 4 heteroatoms. The average molecular weight is 393 g/mol. The van der Waals surface area contributed by atoms with Crippen molar-refractivity contribution in [2.24, 2.45) is 16.3 Å². The van der Waals surface area contributed by atoms with Gasteiger partial charge in [0, 0.05) is 26.7 Å². The molecule has 0 aromatic rings. The molecule has 0 saturated heterocycles. The SMILES string of the molecule is CCCCN(C)C(=NCC1(C2CC2)CCC1)NCC.I. The van der Waals surface area contributed by atoms with Gasteiger partial charge >= 0.3 is 0 Å². The van der Waals surface area contributed by atoms with Crippen LogP contribution in [0.15, 0.2) is 4.99 Å². The first-order valence-electron chi connectivity index (χ1n) is 8.21. The van der Waals surface area contributed by atoms with E-state index in [1.54, 1.807) is 0 Å². The maximum Gasteiger partial charge on any atom is 0.193 e. The number of hydrogen-bond acceptors (Lipinski definition) is 1. The van der Waals surface area contributed by atoms with Crippen LogP contribution in [0.1, 0.15) is 58.8 Å². The van der Waals surface area contributed by atoms with Gasteiger partial charge < -0.3 is 10.2 Å². The van der Waals surface area contributed by atoms with Crippen molar-refractivity contribution in [1.82, 2.24) is 10.2 Å². The fraction of sp³-hybridized carbons (Fsp3) is 0.938. The minimum absolute atomic E-state index is 0. The van der Waals surface area contributed by atoms with E-state index >= 15 is 0 Å². The first-order chi connectivity index (χ1) is 9.22. The van der Waals surface area contributed by atoms with Crippen LogP contribution >= 0.6 is 24.0 Å². The molecule has 2 aliphatic rings. The quantitative estimate of drug-likeness (QED) is 0.404. The summed E-state index contributed by atoms with van der Waals surface area (Å²) in [5.41, 5.74) is 0.590. The van der Waals surface area contributed by atoms with Crippen molar-refractivity contribution in [1.29, 1.82) is 0 Å². The Hall–Kier alpha value is 0. The van der Waals surface area contributed by atoms with Crippen molar-refractivity contribution in [3.8, 4) is 0 Å². The summed E-state index contributed by atoms with van der Waals surface area (Å²) in [5, 5.41) is 3.45. The minimum atomic E-state index is 0. The largest absolute Gasteiger partial charge is 0.357 e. The summed E-state index contributed by atoms with van der Waals surface area (Å²) in [5.74, 6) is 2.11. The zero-order valence-electron chi connectivity index (χ0n) is 13.5. The Morgan fingerprint density at radius 2 is 2.00 bits per heavy atom. The molecule has 1 N–H and O–H groups in total. The number of aliphatic imine (C=N–C) groups is 1. The predicted octanol–water partition coefficient (Wildman–Crippen LogP) is 3.88. The van der Waals surface area contributed by atoms with Crippen molar-refractivity contribution >= 4 is 29.9 Å². The molecule has 0 radical (unpaired) electrons. The van der Waals surface area contributed by atoms with Crippen molar-refractivity contribution < 1.29 is 0 Å². The fourth-order valence-electron chi connectivity index (χ4n) is 3.23. The Bertz CT molecular complexity index is 309. The highest BCUT2D eigenvalue weighted by atomic mass is 127. The normalized spacial score (nSPS) is 20.9. The molecular weight excluding hydrogens is 361 g/mol. The van der Waals surface area contributed by atoms with E-state index in [1.165, 1.54) is 44.9 Å². The van der Waals surface area contributed by atoms with Crippen LogP contribution in [0.5, 0.6) is 0 Å². The van der Waals surface area contributed by atoms with E-state index in [1.807, 2.05) is 0 Å². The molecule has 3 nitrogen and oxygen atoms in total. The lowest BCUT2D eigenvalue weighted by atomic mass is 9.65. The summed E-state index contributed by atoms with van der Waals surface area (Å²) in [7, 11) is 2.17. The van der Waals surface area contributed by atoms with Crippen molar-refractivity contribution in [3.63, 3.8) is 0 Å². The van der Waals surface area contributed by atoms with Crippen LogP contribution in [-0.4, -0.2) is 37.5 Å². The summed E-state index contributed by atoms with van der Waals surface area (Å²) >= 11 is 0. The first kappa shape index (κ1) is 18.1. The number of nitrogens with zero attached hydrogens (tertiary/aromatic N) is 2. The lowest BCUT2D eigenvalue weighted by Crippen LogP contribution is -2.42. The van der Waals surface area contributed by atoms with Crippen LogP contribution in [0.2, 0.25) is 0 Å².